The van der Waals surface area contributed by atoms with Crippen LogP contribution in [0.2, 0.25) is 0 Å². The fraction of sp³-hybridized carbons (Fsp3) is 0.700. The lowest BCUT2D eigenvalue weighted by Crippen LogP contribution is -2.62. The van der Waals surface area contributed by atoms with Gasteiger partial charge in [-0.3, -0.25) is 68.0 Å². The van der Waals surface area contributed by atoms with Crippen molar-refractivity contribution in [3.63, 3.8) is 0 Å². The lowest BCUT2D eigenvalue weighted by molar-refractivity contribution is -0.147. The van der Waals surface area contributed by atoms with Gasteiger partial charge in [0.05, 0.1) is 18.9 Å². The monoisotopic (exact) mass is 927 g/mol. The number of hydrogen-bond donors (Lipinski definition) is 11. The first kappa shape index (κ1) is 56.6. The smallest absolute Gasteiger partial charge is 0.305 e. The van der Waals surface area contributed by atoms with E-state index in [1.54, 1.807) is 20.8 Å². The zero-order valence-corrected chi connectivity index (χ0v) is 37.9. The van der Waals surface area contributed by atoms with E-state index >= 15 is 0 Å². The van der Waals surface area contributed by atoms with Crippen LogP contribution in [0.4, 0.5) is 0 Å². The third kappa shape index (κ3) is 18.7. The van der Waals surface area contributed by atoms with Gasteiger partial charge in [-0.25, -0.2) is 0 Å². The molecule has 8 atom stereocenters. The molecule has 0 aromatic heterocycles. The van der Waals surface area contributed by atoms with Crippen LogP contribution in [0, 0.1) is 11.8 Å². The summed E-state index contributed by atoms with van der Waals surface area (Å²) >= 11 is 0. The highest BCUT2D eigenvalue weighted by atomic mass is 16.4. The number of carbonyl (C=O) groups excluding carboxylic acids is 9. The third-order valence-corrected chi connectivity index (χ3v) is 10.0. The Morgan fingerprint density at radius 3 is 1.57 bits per heavy atom. The first-order chi connectivity index (χ1) is 30.2. The van der Waals surface area contributed by atoms with Crippen LogP contribution in [-0.2, 0) is 57.5 Å². The molecule has 1 aliphatic rings. The third-order valence-electron chi connectivity index (χ3n) is 10.0. The molecular weight excluding hydrogens is 862 g/mol. The quantitative estimate of drug-likeness (QED) is 0.0388. The number of nitrogens with one attached hydrogen (secondary N) is 7. The minimum Gasteiger partial charge on any atom is -0.481 e. The number of carboxylic acids is 3. The fourth-order valence-electron chi connectivity index (χ4n) is 6.63. The van der Waals surface area contributed by atoms with Crippen molar-refractivity contribution in [2.45, 2.75) is 155 Å². The molecule has 1 rings (SSSR count). The van der Waals surface area contributed by atoms with E-state index in [1.807, 2.05) is 6.92 Å². The van der Waals surface area contributed by atoms with E-state index in [2.05, 4.69) is 37.3 Å². The van der Waals surface area contributed by atoms with Gasteiger partial charge in [-0.15, -0.1) is 0 Å². The minimum atomic E-state index is -1.96. The van der Waals surface area contributed by atoms with Crippen molar-refractivity contribution in [3.05, 3.63) is 0 Å². The Labute approximate surface area is 375 Å². The van der Waals surface area contributed by atoms with Gasteiger partial charge in [0.15, 0.2) is 0 Å². The lowest BCUT2D eigenvalue weighted by atomic mass is 9.98. The summed E-state index contributed by atoms with van der Waals surface area (Å²) in [6, 6.07) is -11.1. The fourth-order valence-corrected chi connectivity index (χ4v) is 6.63. The summed E-state index contributed by atoms with van der Waals surface area (Å²) in [5.41, 5.74) is 2.60. The highest BCUT2D eigenvalue weighted by Crippen LogP contribution is 2.21. The number of hydrazine groups is 1. The zero-order chi connectivity index (χ0) is 49.9. The van der Waals surface area contributed by atoms with Crippen LogP contribution in [0.1, 0.15) is 107 Å². The number of amides is 9. The first-order valence-corrected chi connectivity index (χ1v) is 21.3. The van der Waals surface area contributed by atoms with Gasteiger partial charge >= 0.3 is 17.9 Å². The van der Waals surface area contributed by atoms with Gasteiger partial charge < -0.3 is 57.2 Å². The standard InChI is InChI=1S/C40H65N9O16/c1-9-15-49(27(52)10-2)47-37(62)26-12-11-16-48(26)40(65)32(20(5)6)45-38(63)31(19(3)4)44-36(61)25(18-30(57)58)43-34(59)23(13-14-28(53)54)42-39(64)33(21(7)50)46-35(60)24(17-29(55)56)41-22(8)51/h19-21,23-26,31-33,50H,9-18H2,1-8H3,(H,41,51)(H,42,64)(H,43,59)(H,44,61)(H,45,63)(H,46,60)(H,47,62)(H,53,54)(H,55,56)(H,57,58)/t21-,23+,24+,25+,26+,31+,32+,33+/m1/s1. The second-order valence-electron chi connectivity index (χ2n) is 16.3. The SMILES string of the molecule is CCCN(NC(=O)[C@@H]1CCCN1C(=O)[C@@H](NC(=O)[C@@H](NC(=O)[C@H](CC(=O)O)NC(=O)[C@H](CCC(=O)O)NC(=O)[C@@H](NC(=O)[C@H](CC(=O)O)NC(C)=O)[C@@H](C)O)C(C)C)C(C)C)C(=O)CC. The molecule has 1 fully saturated rings. The summed E-state index contributed by atoms with van der Waals surface area (Å²) < 4.78 is 0. The van der Waals surface area contributed by atoms with Crippen LogP contribution in [0.5, 0.6) is 0 Å². The predicted octanol–water partition coefficient (Wildman–Crippen LogP) is -2.91. The highest BCUT2D eigenvalue weighted by Gasteiger charge is 2.41. The van der Waals surface area contributed by atoms with Crippen LogP contribution in [0.15, 0.2) is 0 Å². The molecule has 0 unspecified atom stereocenters. The average Bonchev–Trinajstić information content (AvgIpc) is 3.70. The largest absolute Gasteiger partial charge is 0.481 e. The number of carbonyl (C=O) groups is 12. The number of hydrogen-bond acceptors (Lipinski definition) is 13. The molecule has 0 radical (unpaired) electrons. The maximum Gasteiger partial charge on any atom is 0.305 e. The van der Waals surface area contributed by atoms with Crippen molar-refractivity contribution in [1.29, 1.82) is 0 Å². The second kappa shape index (κ2) is 27.0. The van der Waals surface area contributed by atoms with Gasteiger partial charge in [-0.05, 0) is 44.4 Å². The molecule has 11 N–H and O–H groups in total. The van der Waals surface area contributed by atoms with E-state index in [-0.39, 0.29) is 31.8 Å². The first-order valence-electron chi connectivity index (χ1n) is 21.3. The summed E-state index contributed by atoms with van der Waals surface area (Å²) in [5.74, 6) is -14.1. The molecule has 1 heterocycles. The Kier molecular flexibility index (Phi) is 23.6. The van der Waals surface area contributed by atoms with E-state index in [0.29, 0.717) is 12.8 Å². The van der Waals surface area contributed by atoms with Crippen molar-refractivity contribution in [3.8, 4) is 0 Å². The van der Waals surface area contributed by atoms with Crippen molar-refractivity contribution in [2.24, 2.45) is 11.8 Å². The lowest BCUT2D eigenvalue weighted by Gasteiger charge is -2.33. The molecule has 0 saturated carbocycles. The van der Waals surface area contributed by atoms with Crippen LogP contribution in [0.3, 0.4) is 0 Å². The Morgan fingerprint density at radius 2 is 1.11 bits per heavy atom. The molecule has 0 aromatic rings. The molecule has 65 heavy (non-hydrogen) atoms. The molecule has 25 heteroatoms. The van der Waals surface area contributed by atoms with Crippen molar-refractivity contribution >= 4 is 71.1 Å². The van der Waals surface area contributed by atoms with Crippen molar-refractivity contribution in [1.82, 2.24) is 47.2 Å². The van der Waals surface area contributed by atoms with Gasteiger partial charge in [0.1, 0.15) is 42.3 Å². The molecule has 25 nitrogen and oxygen atoms in total. The van der Waals surface area contributed by atoms with E-state index in [0.717, 1.165) is 13.8 Å². The highest BCUT2D eigenvalue weighted by molar-refractivity contribution is 5.99. The molecule has 0 aliphatic carbocycles. The van der Waals surface area contributed by atoms with Gasteiger partial charge in [-0.2, -0.15) is 0 Å². The van der Waals surface area contributed by atoms with Crippen molar-refractivity contribution < 1.29 is 78.0 Å². The topological polar surface area (TPSA) is 376 Å². The normalized spacial score (nSPS) is 16.6. The van der Waals surface area contributed by atoms with E-state index in [4.69, 9.17) is 5.11 Å². The van der Waals surface area contributed by atoms with E-state index in [9.17, 15) is 72.9 Å². The summed E-state index contributed by atoms with van der Waals surface area (Å²) in [5, 5.41) is 53.2. The van der Waals surface area contributed by atoms with Crippen LogP contribution in [0.25, 0.3) is 0 Å². The number of aliphatic carboxylic acids is 3. The molecule has 1 aliphatic heterocycles. The zero-order valence-electron chi connectivity index (χ0n) is 37.9. The Hall–Kier alpha value is -6.40. The number of likely N-dealkylation sites (tertiary alicyclic amines) is 1. The maximum absolute atomic E-state index is 14.0. The second-order valence-corrected chi connectivity index (χ2v) is 16.3. The number of aliphatic hydroxyl groups excluding tert-OH is 1. The van der Waals surface area contributed by atoms with Crippen LogP contribution < -0.4 is 37.3 Å². The summed E-state index contributed by atoms with van der Waals surface area (Å²) in [4.78, 5) is 155. The Balaban J connectivity index is 3.35. The molecule has 1 saturated heterocycles. The molecule has 0 spiro atoms. The van der Waals surface area contributed by atoms with Crippen molar-refractivity contribution in [2.75, 3.05) is 13.1 Å². The minimum absolute atomic E-state index is 0.134. The van der Waals surface area contributed by atoms with Gasteiger partial charge in [0, 0.05) is 32.9 Å². The maximum atomic E-state index is 14.0. The summed E-state index contributed by atoms with van der Waals surface area (Å²) in [7, 11) is 0. The van der Waals surface area contributed by atoms with E-state index in [1.165, 1.54) is 23.8 Å². The molecule has 366 valence electrons. The number of aliphatic hydroxyl groups is 1. The number of carboxylic acid groups (broad SMARTS) is 3. The van der Waals surface area contributed by atoms with E-state index < -0.39 is 151 Å². The van der Waals surface area contributed by atoms with Crippen LogP contribution >= 0.6 is 0 Å². The van der Waals surface area contributed by atoms with Crippen LogP contribution in [-0.4, -0.2) is 163 Å². The average molecular weight is 928 g/mol. The molecular formula is C40H65N9O16. The molecule has 0 bridgehead atoms. The summed E-state index contributed by atoms with van der Waals surface area (Å²) in [6.07, 6.45) is -3.75. The van der Waals surface area contributed by atoms with Gasteiger partial charge in [0.2, 0.25) is 47.3 Å². The van der Waals surface area contributed by atoms with Gasteiger partial charge in [0.25, 0.3) is 5.91 Å². The number of nitrogens with zero attached hydrogens (tertiary/aromatic N) is 2. The number of rotatable bonds is 26. The predicted molar refractivity (Wildman–Crippen MR) is 225 cm³/mol. The molecule has 0 aromatic carbocycles. The summed E-state index contributed by atoms with van der Waals surface area (Å²) in [6.45, 7) is 12.2. The Bertz CT molecular complexity index is 1760. The molecule has 9 amide bonds. The van der Waals surface area contributed by atoms with Gasteiger partial charge in [-0.1, -0.05) is 41.5 Å². The Morgan fingerprint density at radius 1 is 0.631 bits per heavy atom.